The van der Waals surface area contributed by atoms with Crippen LogP contribution in [0.1, 0.15) is 0 Å². The van der Waals surface area contributed by atoms with Gasteiger partial charge in [0.2, 0.25) is 10.0 Å². The van der Waals surface area contributed by atoms with Crippen molar-refractivity contribution < 1.29 is 21.6 Å². The van der Waals surface area contributed by atoms with Crippen LogP contribution in [0.4, 0.5) is 13.2 Å². The van der Waals surface area contributed by atoms with E-state index < -0.39 is 28.0 Å². The fourth-order valence-electron chi connectivity index (χ4n) is 0.470. The summed E-state index contributed by atoms with van der Waals surface area (Å²) in [5.74, 6) is -1.12. The lowest BCUT2D eigenvalue weighted by atomic mass is 10.4. The average molecular weight is 220 g/mol. The van der Waals surface area contributed by atoms with Gasteiger partial charge in [-0.2, -0.15) is 13.2 Å². The Kier molecular flexibility index (Phi) is 3.71. The minimum atomic E-state index is -4.68. The Morgan fingerprint density at radius 3 is 2.00 bits per heavy atom. The lowest BCUT2D eigenvalue weighted by molar-refractivity contribution is -0.142. The number of halogens is 3. The van der Waals surface area contributed by atoms with Crippen molar-refractivity contribution in [2.45, 2.75) is 12.2 Å². The molecule has 0 saturated carbocycles. The molecule has 0 fully saturated rings. The molecule has 13 heavy (non-hydrogen) atoms. The number of sulfonamides is 1. The average Bonchev–Trinajstić information content (AvgIpc) is 1.83. The molecule has 0 aromatic carbocycles. The second kappa shape index (κ2) is 3.81. The molecule has 1 atom stereocenters. The standard InChI is InChI=1S/C5H11F3N2O2S/c1-10(2)13(11,12)3-4(9)5(6,7)8/h4H,3,9H2,1-2H3/t4-/m0/s1. The summed E-state index contributed by atoms with van der Waals surface area (Å²) in [6.45, 7) is 0. The van der Waals surface area contributed by atoms with E-state index in [1.165, 1.54) is 0 Å². The lowest BCUT2D eigenvalue weighted by Gasteiger charge is -2.18. The number of nitrogens with two attached hydrogens (primary N) is 1. The zero-order chi connectivity index (χ0) is 10.9. The van der Waals surface area contributed by atoms with E-state index in [0.29, 0.717) is 4.31 Å². The number of hydrogen-bond acceptors (Lipinski definition) is 3. The molecule has 0 amide bonds. The van der Waals surface area contributed by atoms with E-state index in [0.717, 1.165) is 14.1 Å². The first-order chi connectivity index (χ1) is 5.57. The number of alkyl halides is 3. The number of nitrogens with zero attached hydrogens (tertiary/aromatic N) is 1. The van der Waals surface area contributed by atoms with Crippen molar-refractivity contribution in [2.24, 2.45) is 5.73 Å². The van der Waals surface area contributed by atoms with E-state index in [-0.39, 0.29) is 0 Å². The fraction of sp³-hybridized carbons (Fsp3) is 1.00. The van der Waals surface area contributed by atoms with Gasteiger partial charge in [-0.15, -0.1) is 0 Å². The number of rotatable bonds is 3. The molecule has 4 nitrogen and oxygen atoms in total. The molecule has 0 aliphatic carbocycles. The highest BCUT2D eigenvalue weighted by molar-refractivity contribution is 7.89. The molecule has 0 aliphatic rings. The van der Waals surface area contributed by atoms with Gasteiger partial charge in [0.25, 0.3) is 0 Å². The van der Waals surface area contributed by atoms with Crippen molar-refractivity contribution in [3.63, 3.8) is 0 Å². The summed E-state index contributed by atoms with van der Waals surface area (Å²) in [7, 11) is -1.59. The smallest absolute Gasteiger partial charge is 0.319 e. The maximum atomic E-state index is 11.8. The van der Waals surface area contributed by atoms with Crippen LogP contribution in [0, 0.1) is 0 Å². The molecule has 0 heterocycles. The monoisotopic (exact) mass is 220 g/mol. The topological polar surface area (TPSA) is 63.4 Å². The molecule has 2 N–H and O–H groups in total. The van der Waals surface area contributed by atoms with Crippen LogP contribution in [-0.2, 0) is 10.0 Å². The van der Waals surface area contributed by atoms with E-state index in [1.807, 2.05) is 0 Å². The van der Waals surface area contributed by atoms with Gasteiger partial charge in [-0.1, -0.05) is 0 Å². The third kappa shape index (κ3) is 3.92. The predicted molar refractivity (Wildman–Crippen MR) is 41.5 cm³/mol. The maximum absolute atomic E-state index is 11.8. The van der Waals surface area contributed by atoms with Gasteiger partial charge < -0.3 is 5.73 Å². The van der Waals surface area contributed by atoms with E-state index in [2.05, 4.69) is 5.73 Å². The minimum absolute atomic E-state index is 0.707. The Morgan fingerprint density at radius 1 is 1.38 bits per heavy atom. The van der Waals surface area contributed by atoms with Crippen LogP contribution in [0.15, 0.2) is 0 Å². The maximum Gasteiger partial charge on any atom is 0.404 e. The summed E-state index contributed by atoms with van der Waals surface area (Å²) >= 11 is 0. The summed E-state index contributed by atoms with van der Waals surface area (Å²) in [5, 5.41) is 0. The SMILES string of the molecule is CN(C)S(=O)(=O)C[C@H](N)C(F)(F)F. The molecule has 80 valence electrons. The van der Waals surface area contributed by atoms with Gasteiger partial charge in [0.15, 0.2) is 0 Å². The zero-order valence-corrected chi connectivity index (χ0v) is 7.98. The molecule has 0 spiro atoms. The third-order valence-electron chi connectivity index (χ3n) is 1.37. The van der Waals surface area contributed by atoms with Crippen LogP contribution < -0.4 is 5.73 Å². The van der Waals surface area contributed by atoms with E-state index in [9.17, 15) is 21.6 Å². The molecule has 0 rings (SSSR count). The zero-order valence-electron chi connectivity index (χ0n) is 7.17. The molecule has 0 aromatic rings. The molecule has 0 unspecified atom stereocenters. The lowest BCUT2D eigenvalue weighted by Crippen LogP contribution is -2.45. The summed E-state index contributed by atoms with van der Waals surface area (Å²) in [5.41, 5.74) is 4.64. The Morgan fingerprint density at radius 2 is 1.77 bits per heavy atom. The van der Waals surface area contributed by atoms with Crippen molar-refractivity contribution in [2.75, 3.05) is 19.8 Å². The summed E-state index contributed by atoms with van der Waals surface area (Å²) < 4.78 is 58.1. The van der Waals surface area contributed by atoms with E-state index >= 15 is 0 Å². The summed E-state index contributed by atoms with van der Waals surface area (Å²) in [4.78, 5) is 0. The first kappa shape index (κ1) is 12.7. The van der Waals surface area contributed by atoms with Gasteiger partial charge in [-0.25, -0.2) is 12.7 Å². The van der Waals surface area contributed by atoms with Gasteiger partial charge in [0, 0.05) is 14.1 Å². The highest BCUT2D eigenvalue weighted by Crippen LogP contribution is 2.19. The van der Waals surface area contributed by atoms with Gasteiger partial charge in [0.1, 0.15) is 6.04 Å². The fourth-order valence-corrected chi connectivity index (χ4v) is 1.41. The highest BCUT2D eigenvalue weighted by Gasteiger charge is 2.40. The first-order valence-corrected chi connectivity index (χ1v) is 4.91. The van der Waals surface area contributed by atoms with Crippen molar-refractivity contribution in [1.29, 1.82) is 0 Å². The molecule has 0 bridgehead atoms. The Labute approximate surface area is 74.6 Å². The van der Waals surface area contributed by atoms with Crippen molar-refractivity contribution >= 4 is 10.0 Å². The molecule has 0 aromatic heterocycles. The Balaban J connectivity index is 4.48. The second-order valence-electron chi connectivity index (χ2n) is 2.71. The van der Waals surface area contributed by atoms with Gasteiger partial charge in [-0.05, 0) is 0 Å². The summed E-state index contributed by atoms with van der Waals surface area (Å²) in [6.07, 6.45) is -4.68. The highest BCUT2D eigenvalue weighted by atomic mass is 32.2. The van der Waals surface area contributed by atoms with Crippen LogP contribution in [0.3, 0.4) is 0 Å². The molecule has 0 aliphatic heterocycles. The molecule has 0 radical (unpaired) electrons. The Bertz CT molecular complexity index is 259. The van der Waals surface area contributed by atoms with Gasteiger partial charge in [-0.3, -0.25) is 0 Å². The predicted octanol–water partition coefficient (Wildman–Crippen LogP) is -0.233. The largest absolute Gasteiger partial charge is 0.404 e. The van der Waals surface area contributed by atoms with Crippen molar-refractivity contribution in [1.82, 2.24) is 4.31 Å². The Hall–Kier alpha value is -0.340. The molecule has 0 saturated heterocycles. The van der Waals surface area contributed by atoms with Crippen LogP contribution in [-0.4, -0.2) is 44.8 Å². The van der Waals surface area contributed by atoms with E-state index in [4.69, 9.17) is 0 Å². The first-order valence-electron chi connectivity index (χ1n) is 3.30. The van der Waals surface area contributed by atoms with Crippen LogP contribution in [0.2, 0.25) is 0 Å². The van der Waals surface area contributed by atoms with Crippen molar-refractivity contribution in [3.05, 3.63) is 0 Å². The normalized spacial score (nSPS) is 16.2. The second-order valence-corrected chi connectivity index (χ2v) is 4.94. The third-order valence-corrected chi connectivity index (χ3v) is 3.26. The number of hydrogen-bond donors (Lipinski definition) is 1. The van der Waals surface area contributed by atoms with Crippen LogP contribution in [0.5, 0.6) is 0 Å². The van der Waals surface area contributed by atoms with Gasteiger partial charge >= 0.3 is 6.18 Å². The quantitative estimate of drug-likeness (QED) is 0.714. The van der Waals surface area contributed by atoms with Crippen LogP contribution in [0.25, 0.3) is 0 Å². The molecule has 8 heteroatoms. The molecular weight excluding hydrogens is 209 g/mol. The summed E-state index contributed by atoms with van der Waals surface area (Å²) in [6, 6.07) is -2.33. The van der Waals surface area contributed by atoms with Crippen molar-refractivity contribution in [3.8, 4) is 0 Å². The minimum Gasteiger partial charge on any atom is -0.319 e. The molecular formula is C5H11F3N2O2S. The van der Waals surface area contributed by atoms with E-state index in [1.54, 1.807) is 0 Å². The van der Waals surface area contributed by atoms with Gasteiger partial charge in [0.05, 0.1) is 5.75 Å². The van der Waals surface area contributed by atoms with Crippen LogP contribution >= 0.6 is 0 Å².